The molecular formula is C13H21NO2S. The number of nitrogens with two attached hydrogens (primary N) is 1. The molecule has 0 heterocycles. The van der Waals surface area contributed by atoms with Crippen molar-refractivity contribution in [1.29, 1.82) is 0 Å². The first-order valence-corrected chi connectivity index (χ1v) is 7.13. The van der Waals surface area contributed by atoms with Gasteiger partial charge in [0.25, 0.3) is 0 Å². The minimum atomic E-state index is -0.0311. The maximum absolute atomic E-state index is 5.91. The number of ether oxygens (including phenoxy) is 2. The van der Waals surface area contributed by atoms with Crippen molar-refractivity contribution in [2.24, 2.45) is 5.73 Å². The Balaban J connectivity index is 2.71. The fraction of sp³-hybridized carbons (Fsp3) is 0.538. The number of thioether (sulfide) groups is 1. The van der Waals surface area contributed by atoms with E-state index in [1.54, 1.807) is 7.11 Å². The summed E-state index contributed by atoms with van der Waals surface area (Å²) in [5.41, 5.74) is 6.93. The second-order valence-corrected chi connectivity index (χ2v) is 4.87. The van der Waals surface area contributed by atoms with Gasteiger partial charge in [-0.15, -0.1) is 0 Å². The van der Waals surface area contributed by atoms with E-state index in [9.17, 15) is 0 Å². The average Bonchev–Trinajstić information content (AvgIpc) is 2.34. The summed E-state index contributed by atoms with van der Waals surface area (Å²) in [5, 5.41) is 0. The Labute approximate surface area is 108 Å². The van der Waals surface area contributed by atoms with Gasteiger partial charge in [-0.1, -0.05) is 6.07 Å². The topological polar surface area (TPSA) is 44.5 Å². The number of rotatable bonds is 7. The highest BCUT2D eigenvalue weighted by Crippen LogP contribution is 2.28. The zero-order valence-electron chi connectivity index (χ0n) is 10.7. The largest absolute Gasteiger partial charge is 0.497 e. The standard InChI is InChI=1S/C13H21NO2S/c1-10(14)12-6-5-11(15-2)9-13(12)16-7-4-8-17-3/h5-6,9-10H,4,7-8,14H2,1-3H3/t10-/m0/s1. The van der Waals surface area contributed by atoms with Crippen LogP contribution in [0.5, 0.6) is 11.5 Å². The van der Waals surface area contributed by atoms with Crippen LogP contribution in [0.3, 0.4) is 0 Å². The van der Waals surface area contributed by atoms with E-state index in [-0.39, 0.29) is 6.04 Å². The minimum Gasteiger partial charge on any atom is -0.497 e. The predicted molar refractivity (Wildman–Crippen MR) is 74.1 cm³/mol. The third-order valence-corrected chi connectivity index (χ3v) is 3.16. The van der Waals surface area contributed by atoms with Crippen molar-refractivity contribution in [1.82, 2.24) is 0 Å². The summed E-state index contributed by atoms with van der Waals surface area (Å²) in [6, 6.07) is 5.75. The fourth-order valence-electron chi connectivity index (χ4n) is 1.53. The Kier molecular flexibility index (Phi) is 6.22. The van der Waals surface area contributed by atoms with Crippen molar-refractivity contribution in [3.8, 4) is 11.5 Å². The molecule has 0 aliphatic carbocycles. The number of benzene rings is 1. The SMILES string of the molecule is COc1ccc([C@H](C)N)c(OCCCSC)c1. The smallest absolute Gasteiger partial charge is 0.127 e. The van der Waals surface area contributed by atoms with Crippen LogP contribution in [0, 0.1) is 0 Å². The summed E-state index contributed by atoms with van der Waals surface area (Å²) >= 11 is 1.83. The lowest BCUT2D eigenvalue weighted by Gasteiger charge is -2.15. The molecule has 1 aromatic carbocycles. The van der Waals surface area contributed by atoms with Gasteiger partial charge in [0.05, 0.1) is 13.7 Å². The van der Waals surface area contributed by atoms with Crippen LogP contribution in [-0.2, 0) is 0 Å². The van der Waals surface area contributed by atoms with E-state index in [4.69, 9.17) is 15.2 Å². The predicted octanol–water partition coefficient (Wildman–Crippen LogP) is 2.85. The Bertz CT molecular complexity index is 342. The molecule has 0 amide bonds. The van der Waals surface area contributed by atoms with E-state index < -0.39 is 0 Å². The highest BCUT2D eigenvalue weighted by atomic mass is 32.2. The highest BCUT2D eigenvalue weighted by molar-refractivity contribution is 7.98. The van der Waals surface area contributed by atoms with Crippen LogP contribution in [0.25, 0.3) is 0 Å². The monoisotopic (exact) mass is 255 g/mol. The average molecular weight is 255 g/mol. The van der Waals surface area contributed by atoms with Crippen molar-refractivity contribution in [3.05, 3.63) is 23.8 Å². The number of methoxy groups -OCH3 is 1. The lowest BCUT2D eigenvalue weighted by Crippen LogP contribution is -2.09. The quantitative estimate of drug-likeness (QED) is 0.761. The van der Waals surface area contributed by atoms with Gasteiger partial charge in [0, 0.05) is 17.7 Å². The Hall–Kier alpha value is -0.870. The van der Waals surface area contributed by atoms with Gasteiger partial charge in [-0.2, -0.15) is 11.8 Å². The summed E-state index contributed by atoms with van der Waals surface area (Å²) in [4.78, 5) is 0. The van der Waals surface area contributed by atoms with Gasteiger partial charge in [-0.05, 0) is 31.4 Å². The number of hydrogen-bond acceptors (Lipinski definition) is 4. The molecule has 0 fully saturated rings. The van der Waals surface area contributed by atoms with Crippen molar-refractivity contribution >= 4 is 11.8 Å². The van der Waals surface area contributed by atoms with E-state index in [1.807, 2.05) is 36.9 Å². The molecule has 1 aromatic rings. The molecule has 3 nitrogen and oxygen atoms in total. The second-order valence-electron chi connectivity index (χ2n) is 3.89. The van der Waals surface area contributed by atoms with Crippen LogP contribution in [0.15, 0.2) is 18.2 Å². The third kappa shape index (κ3) is 4.48. The molecule has 0 saturated carbocycles. The third-order valence-electron chi connectivity index (χ3n) is 2.46. The van der Waals surface area contributed by atoms with E-state index in [1.165, 1.54) is 0 Å². The van der Waals surface area contributed by atoms with Crippen molar-refractivity contribution in [2.75, 3.05) is 25.7 Å². The van der Waals surface area contributed by atoms with Gasteiger partial charge in [0.1, 0.15) is 11.5 Å². The Morgan fingerprint density at radius 1 is 1.41 bits per heavy atom. The van der Waals surface area contributed by atoms with Crippen LogP contribution >= 0.6 is 11.8 Å². The first-order valence-electron chi connectivity index (χ1n) is 5.74. The van der Waals surface area contributed by atoms with Gasteiger partial charge >= 0.3 is 0 Å². The van der Waals surface area contributed by atoms with Crippen molar-refractivity contribution in [2.45, 2.75) is 19.4 Å². The molecule has 1 rings (SSSR count). The van der Waals surface area contributed by atoms with Gasteiger partial charge in [-0.25, -0.2) is 0 Å². The molecule has 0 spiro atoms. The molecule has 0 aliphatic heterocycles. The molecule has 0 aromatic heterocycles. The van der Waals surface area contributed by atoms with E-state index in [0.29, 0.717) is 6.61 Å². The summed E-state index contributed by atoms with van der Waals surface area (Å²) in [7, 11) is 1.65. The van der Waals surface area contributed by atoms with Crippen LogP contribution in [-0.4, -0.2) is 25.7 Å². The molecule has 17 heavy (non-hydrogen) atoms. The van der Waals surface area contributed by atoms with Crippen LogP contribution in [0.1, 0.15) is 24.9 Å². The first kappa shape index (κ1) is 14.2. The molecule has 0 aliphatic rings. The molecular weight excluding hydrogens is 234 g/mol. The maximum Gasteiger partial charge on any atom is 0.127 e. The molecule has 0 radical (unpaired) electrons. The first-order chi connectivity index (χ1) is 8.19. The van der Waals surface area contributed by atoms with E-state index in [0.717, 1.165) is 29.2 Å². The van der Waals surface area contributed by atoms with Crippen LogP contribution < -0.4 is 15.2 Å². The summed E-state index contributed by atoms with van der Waals surface area (Å²) < 4.78 is 11.0. The molecule has 96 valence electrons. The maximum atomic E-state index is 5.91. The Morgan fingerprint density at radius 3 is 2.76 bits per heavy atom. The van der Waals surface area contributed by atoms with Gasteiger partial charge in [0.15, 0.2) is 0 Å². The summed E-state index contributed by atoms with van der Waals surface area (Å²) in [6.07, 6.45) is 3.13. The molecule has 2 N–H and O–H groups in total. The second kappa shape index (κ2) is 7.45. The lowest BCUT2D eigenvalue weighted by atomic mass is 10.1. The van der Waals surface area contributed by atoms with E-state index in [2.05, 4.69) is 6.26 Å². The normalized spacial score (nSPS) is 12.2. The van der Waals surface area contributed by atoms with Gasteiger partial charge < -0.3 is 15.2 Å². The van der Waals surface area contributed by atoms with Crippen LogP contribution in [0.4, 0.5) is 0 Å². The fourth-order valence-corrected chi connectivity index (χ4v) is 1.93. The number of hydrogen-bond donors (Lipinski definition) is 1. The minimum absolute atomic E-state index is 0.0311. The zero-order valence-corrected chi connectivity index (χ0v) is 11.5. The Morgan fingerprint density at radius 2 is 2.18 bits per heavy atom. The van der Waals surface area contributed by atoms with Crippen molar-refractivity contribution in [3.63, 3.8) is 0 Å². The molecule has 0 unspecified atom stereocenters. The summed E-state index contributed by atoms with van der Waals surface area (Å²) in [5.74, 6) is 2.74. The van der Waals surface area contributed by atoms with Crippen LogP contribution in [0.2, 0.25) is 0 Å². The lowest BCUT2D eigenvalue weighted by molar-refractivity contribution is 0.311. The molecule has 0 saturated heterocycles. The van der Waals surface area contributed by atoms with Gasteiger partial charge in [0.2, 0.25) is 0 Å². The zero-order chi connectivity index (χ0) is 12.7. The van der Waals surface area contributed by atoms with Gasteiger partial charge in [-0.3, -0.25) is 0 Å². The molecule has 4 heteroatoms. The highest BCUT2D eigenvalue weighted by Gasteiger charge is 2.09. The summed E-state index contributed by atoms with van der Waals surface area (Å²) in [6.45, 7) is 2.67. The molecule has 1 atom stereocenters. The van der Waals surface area contributed by atoms with Crippen molar-refractivity contribution < 1.29 is 9.47 Å². The van der Waals surface area contributed by atoms with E-state index >= 15 is 0 Å². The molecule has 0 bridgehead atoms.